The second-order valence-corrected chi connectivity index (χ2v) is 6.90. The van der Waals surface area contributed by atoms with Crippen LogP contribution in [0.1, 0.15) is 18.9 Å². The highest BCUT2D eigenvalue weighted by Crippen LogP contribution is 2.29. The van der Waals surface area contributed by atoms with Crippen LogP contribution in [0.15, 0.2) is 41.5 Å². The molecular formula is C21H23ClN4O5. The molecule has 0 spiro atoms. The van der Waals surface area contributed by atoms with Crippen LogP contribution in [-0.2, 0) is 14.4 Å². The summed E-state index contributed by atoms with van der Waals surface area (Å²) >= 11 is 6.00. The molecule has 2 rings (SSSR count). The molecule has 31 heavy (non-hydrogen) atoms. The number of rotatable bonds is 7. The number of carbonyl (C=O) groups excluding carboxylic acids is 3. The lowest BCUT2D eigenvalue weighted by atomic mass is 10.2. The average molecular weight is 447 g/mol. The predicted octanol–water partition coefficient (Wildman–Crippen LogP) is 3.13. The third kappa shape index (κ3) is 7.00. The number of amides is 3. The maximum Gasteiger partial charge on any atom is 0.329 e. The number of aryl methyl sites for hydroxylation is 1. The van der Waals surface area contributed by atoms with E-state index >= 15 is 0 Å². The van der Waals surface area contributed by atoms with Crippen molar-refractivity contribution < 1.29 is 23.9 Å². The fraction of sp³-hybridized carbons (Fsp3) is 0.238. The van der Waals surface area contributed by atoms with Gasteiger partial charge >= 0.3 is 11.8 Å². The smallest absolute Gasteiger partial charge is 0.329 e. The lowest BCUT2D eigenvalue weighted by molar-refractivity contribution is -0.136. The number of hydrogen-bond acceptors (Lipinski definition) is 6. The van der Waals surface area contributed by atoms with Gasteiger partial charge in [0.2, 0.25) is 5.91 Å². The molecule has 164 valence electrons. The summed E-state index contributed by atoms with van der Waals surface area (Å²) in [5.74, 6) is -1.27. The first kappa shape index (κ1) is 23.7. The summed E-state index contributed by atoms with van der Waals surface area (Å²) in [5, 5.41) is 9.36. The van der Waals surface area contributed by atoms with Crippen molar-refractivity contribution in [2.45, 2.75) is 20.3 Å². The van der Waals surface area contributed by atoms with Crippen LogP contribution in [0.2, 0.25) is 5.02 Å². The second kappa shape index (κ2) is 11.0. The number of hydrazone groups is 1. The van der Waals surface area contributed by atoms with Gasteiger partial charge in [-0.1, -0.05) is 17.7 Å². The molecule has 0 saturated carbocycles. The van der Waals surface area contributed by atoms with E-state index in [2.05, 4.69) is 21.2 Å². The molecule has 0 saturated heterocycles. The van der Waals surface area contributed by atoms with E-state index in [4.69, 9.17) is 21.1 Å². The van der Waals surface area contributed by atoms with Crippen LogP contribution in [0.3, 0.4) is 0 Å². The van der Waals surface area contributed by atoms with Crippen LogP contribution >= 0.6 is 11.6 Å². The Hall–Kier alpha value is -3.59. The zero-order valence-corrected chi connectivity index (χ0v) is 18.3. The Bertz CT molecular complexity index is 1020. The molecule has 3 amide bonds. The number of hydrogen-bond donors (Lipinski definition) is 3. The summed E-state index contributed by atoms with van der Waals surface area (Å²) in [6.07, 6.45) is -0.115. The molecule has 0 aliphatic rings. The molecule has 2 aromatic carbocycles. The number of ether oxygens (including phenoxy) is 2. The first-order chi connectivity index (χ1) is 14.7. The first-order valence-corrected chi connectivity index (χ1v) is 9.53. The number of carbonyl (C=O) groups is 3. The van der Waals surface area contributed by atoms with Gasteiger partial charge in [0.15, 0.2) is 0 Å². The molecule has 0 radical (unpaired) electrons. The zero-order valence-electron chi connectivity index (χ0n) is 17.5. The van der Waals surface area contributed by atoms with E-state index in [1.165, 1.54) is 20.3 Å². The van der Waals surface area contributed by atoms with Gasteiger partial charge in [0.05, 0.1) is 26.3 Å². The number of anilines is 2. The van der Waals surface area contributed by atoms with Crippen molar-refractivity contribution in [1.29, 1.82) is 0 Å². The van der Waals surface area contributed by atoms with Crippen LogP contribution in [0, 0.1) is 6.92 Å². The van der Waals surface area contributed by atoms with E-state index in [1.54, 1.807) is 37.3 Å². The Balaban J connectivity index is 1.91. The number of halogens is 1. The van der Waals surface area contributed by atoms with E-state index in [1.807, 2.05) is 6.92 Å². The Morgan fingerprint density at radius 1 is 1.00 bits per heavy atom. The van der Waals surface area contributed by atoms with E-state index in [0.717, 1.165) is 5.56 Å². The Labute approximate surface area is 184 Å². The average Bonchev–Trinajstić information content (AvgIpc) is 2.74. The maximum absolute atomic E-state index is 12.3. The Morgan fingerprint density at radius 2 is 1.74 bits per heavy atom. The van der Waals surface area contributed by atoms with Crippen LogP contribution in [-0.4, -0.2) is 37.7 Å². The number of nitrogens with one attached hydrogen (secondary N) is 3. The summed E-state index contributed by atoms with van der Waals surface area (Å²) < 4.78 is 10.3. The van der Waals surface area contributed by atoms with Gasteiger partial charge in [0.25, 0.3) is 0 Å². The van der Waals surface area contributed by atoms with Crippen molar-refractivity contribution in [3.63, 3.8) is 0 Å². The lowest BCUT2D eigenvalue weighted by Gasteiger charge is -2.11. The highest BCUT2D eigenvalue weighted by Gasteiger charge is 2.15. The third-order valence-electron chi connectivity index (χ3n) is 4.08. The van der Waals surface area contributed by atoms with E-state index in [0.29, 0.717) is 33.6 Å². The third-order valence-corrected chi connectivity index (χ3v) is 4.49. The molecule has 0 aliphatic carbocycles. The fourth-order valence-corrected chi connectivity index (χ4v) is 2.61. The molecule has 9 nitrogen and oxygen atoms in total. The Kier molecular flexibility index (Phi) is 8.39. The van der Waals surface area contributed by atoms with Crippen molar-refractivity contribution in [2.75, 3.05) is 24.9 Å². The lowest BCUT2D eigenvalue weighted by Crippen LogP contribution is -2.33. The van der Waals surface area contributed by atoms with Gasteiger partial charge in [0, 0.05) is 22.5 Å². The monoisotopic (exact) mass is 446 g/mol. The van der Waals surface area contributed by atoms with Gasteiger partial charge in [-0.25, -0.2) is 5.43 Å². The van der Waals surface area contributed by atoms with Gasteiger partial charge in [0.1, 0.15) is 11.5 Å². The van der Waals surface area contributed by atoms with Crippen molar-refractivity contribution >= 4 is 46.4 Å². The van der Waals surface area contributed by atoms with E-state index in [9.17, 15) is 14.4 Å². The molecule has 3 N–H and O–H groups in total. The standard InChI is InChI=1S/C21H23ClN4O5/c1-12-5-6-14(10-16(12)22)23-20(28)21(29)26-25-13(2)9-19(27)24-17-11-15(30-3)7-8-18(17)31-4/h5-8,10-11H,9H2,1-4H3,(H,23,28)(H,24,27)(H,26,29)/b25-13-. The molecule has 0 aliphatic heterocycles. The summed E-state index contributed by atoms with van der Waals surface area (Å²) in [4.78, 5) is 36.2. The van der Waals surface area contributed by atoms with Crippen LogP contribution in [0.5, 0.6) is 11.5 Å². The first-order valence-electron chi connectivity index (χ1n) is 9.16. The molecule has 0 atom stereocenters. The van der Waals surface area contributed by atoms with E-state index in [-0.39, 0.29) is 12.3 Å². The number of methoxy groups -OCH3 is 2. The summed E-state index contributed by atoms with van der Waals surface area (Å²) in [7, 11) is 2.99. The minimum Gasteiger partial charge on any atom is -0.497 e. The van der Waals surface area contributed by atoms with Gasteiger partial charge in [-0.2, -0.15) is 5.10 Å². The minimum absolute atomic E-state index is 0.115. The van der Waals surface area contributed by atoms with Gasteiger partial charge in [-0.3, -0.25) is 14.4 Å². The molecule has 0 bridgehead atoms. The van der Waals surface area contributed by atoms with E-state index < -0.39 is 11.8 Å². The Morgan fingerprint density at radius 3 is 2.39 bits per heavy atom. The molecule has 0 unspecified atom stereocenters. The largest absolute Gasteiger partial charge is 0.497 e. The molecule has 0 heterocycles. The van der Waals surface area contributed by atoms with Crippen LogP contribution in [0.25, 0.3) is 0 Å². The second-order valence-electron chi connectivity index (χ2n) is 6.50. The SMILES string of the molecule is COc1ccc(OC)c(NC(=O)C/C(C)=N\NC(=O)C(=O)Nc2ccc(C)c(Cl)c2)c1. The molecular weight excluding hydrogens is 424 g/mol. The molecule has 0 aromatic heterocycles. The number of benzene rings is 2. The van der Waals surface area contributed by atoms with Crippen molar-refractivity contribution in [2.24, 2.45) is 5.10 Å². The molecule has 10 heteroatoms. The summed E-state index contributed by atoms with van der Waals surface area (Å²) in [6.45, 7) is 3.36. The predicted molar refractivity (Wildman–Crippen MR) is 119 cm³/mol. The van der Waals surface area contributed by atoms with Crippen molar-refractivity contribution in [3.8, 4) is 11.5 Å². The fourth-order valence-electron chi connectivity index (χ4n) is 2.43. The summed E-state index contributed by atoms with van der Waals surface area (Å²) in [6, 6.07) is 9.86. The highest BCUT2D eigenvalue weighted by atomic mass is 35.5. The molecule has 2 aromatic rings. The van der Waals surface area contributed by atoms with Crippen molar-refractivity contribution in [3.05, 3.63) is 47.0 Å². The summed E-state index contributed by atoms with van der Waals surface area (Å²) in [5.41, 5.74) is 4.06. The molecule has 0 fully saturated rings. The number of nitrogens with zero attached hydrogens (tertiary/aromatic N) is 1. The zero-order chi connectivity index (χ0) is 23.0. The van der Waals surface area contributed by atoms with Crippen molar-refractivity contribution in [1.82, 2.24) is 5.43 Å². The minimum atomic E-state index is -0.981. The maximum atomic E-state index is 12.3. The quantitative estimate of drug-likeness (QED) is 0.343. The van der Waals surface area contributed by atoms with Crippen LogP contribution < -0.4 is 25.5 Å². The van der Waals surface area contributed by atoms with Gasteiger partial charge in [-0.05, 0) is 43.7 Å². The van der Waals surface area contributed by atoms with Crippen LogP contribution in [0.4, 0.5) is 11.4 Å². The highest BCUT2D eigenvalue weighted by molar-refractivity contribution is 6.40. The van der Waals surface area contributed by atoms with Gasteiger partial charge < -0.3 is 20.1 Å². The van der Waals surface area contributed by atoms with Gasteiger partial charge in [-0.15, -0.1) is 0 Å². The topological polar surface area (TPSA) is 118 Å². The normalized spacial score (nSPS) is 10.8.